The Kier molecular flexibility index (Phi) is 14.5. The highest BCUT2D eigenvalue weighted by atomic mass is 16.8. The predicted molar refractivity (Wildman–Crippen MR) is 228 cm³/mol. The minimum Gasteiger partial charge on any atom is -0.458 e. The second-order valence-corrected chi connectivity index (χ2v) is 20.7. The quantitative estimate of drug-likeness (QED) is 0.178. The molecule has 2 aromatic rings. The maximum atomic E-state index is 13.7. The maximum Gasteiger partial charge on any atom is 0.413 e. The zero-order chi connectivity index (χ0) is 46.2. The number of esters is 1. The number of piperidine rings is 1. The minimum atomic E-state index is -1.06. The average Bonchev–Trinajstić information content (AvgIpc) is 3.77. The van der Waals surface area contributed by atoms with E-state index in [-0.39, 0.29) is 30.9 Å². The van der Waals surface area contributed by atoms with Crippen LogP contribution in [0.4, 0.5) is 20.2 Å². The van der Waals surface area contributed by atoms with Crippen LogP contribution in [0.2, 0.25) is 0 Å². The monoisotopic (exact) mass is 875 g/mol. The number of hydrogen-bond donors (Lipinski definition) is 2. The van der Waals surface area contributed by atoms with Gasteiger partial charge in [-0.15, -0.1) is 0 Å². The molecule has 5 heterocycles. The summed E-state index contributed by atoms with van der Waals surface area (Å²) in [5.74, 6) is -1.41. The van der Waals surface area contributed by atoms with Gasteiger partial charge in [-0.3, -0.25) is 14.8 Å². The number of anilines is 1. The van der Waals surface area contributed by atoms with Crippen LogP contribution in [0.15, 0.2) is 12.7 Å². The van der Waals surface area contributed by atoms with Crippen LogP contribution in [0.5, 0.6) is 0 Å². The zero-order valence-electron chi connectivity index (χ0n) is 39.3. The molecule has 2 N–H and O–H groups in total. The summed E-state index contributed by atoms with van der Waals surface area (Å²) in [6.45, 7) is 28.0. The Hall–Kier alpha value is -4.33. The molecule has 3 aliphatic rings. The number of nitrogens with one attached hydrogen (secondary N) is 2. The first-order valence-corrected chi connectivity index (χ1v) is 21.7. The Morgan fingerprint density at radius 1 is 0.839 bits per heavy atom. The van der Waals surface area contributed by atoms with Crippen molar-refractivity contribution in [3.8, 4) is 0 Å². The molecule has 0 saturated carbocycles. The topological polar surface area (TPSA) is 207 Å². The van der Waals surface area contributed by atoms with Crippen LogP contribution in [0, 0.1) is 0 Å². The number of aromatic nitrogens is 4. The molecule has 62 heavy (non-hydrogen) atoms. The Bertz CT molecular complexity index is 1910. The van der Waals surface area contributed by atoms with Gasteiger partial charge in [0.05, 0.1) is 6.33 Å². The molecule has 3 amide bonds. The van der Waals surface area contributed by atoms with Gasteiger partial charge in [-0.25, -0.2) is 34.1 Å². The largest absolute Gasteiger partial charge is 0.458 e. The number of likely N-dealkylation sites (tertiary alicyclic amines) is 1. The molecule has 0 bridgehead atoms. The smallest absolute Gasteiger partial charge is 0.413 e. The second-order valence-electron chi connectivity index (χ2n) is 20.7. The summed E-state index contributed by atoms with van der Waals surface area (Å²) in [4.78, 5) is 70.6. The molecule has 0 spiro atoms. The van der Waals surface area contributed by atoms with E-state index < -0.39 is 83.0 Å². The standard InChI is InChI=1S/C43H70N8O11/c1-16-25-17-18-26(21-50(25)38(55)62-42(11,12)13)49(20-19-27(35(52)59-39(2,3)4)47-36(53)60-40(5,6)7)22-28-30-31(58-43(14,15)57-30)34(56-28)51-24-46-29-32(44-23-45-33(29)51)48-37(54)61-41(8,9)10/h23-28,30-31,34H,16-22H2,1-15H3,(H,47,53)(H,44,45,48,54)/t25?,26?,27?,28-,30-,31-,34-/m1/s1. The number of rotatable bonds is 11. The lowest BCUT2D eigenvalue weighted by Gasteiger charge is -2.44. The van der Waals surface area contributed by atoms with Gasteiger partial charge in [-0.05, 0) is 123 Å². The van der Waals surface area contributed by atoms with Crippen molar-refractivity contribution in [2.45, 2.75) is 200 Å². The molecule has 7 atom stereocenters. The van der Waals surface area contributed by atoms with E-state index >= 15 is 0 Å². The molecule has 5 rings (SSSR count). The number of carbonyl (C=O) groups is 4. The van der Waals surface area contributed by atoms with Crippen molar-refractivity contribution in [2.24, 2.45) is 0 Å². The highest BCUT2D eigenvalue weighted by Crippen LogP contribution is 2.44. The minimum absolute atomic E-state index is 0.0265. The summed E-state index contributed by atoms with van der Waals surface area (Å²) < 4.78 is 44.3. The fourth-order valence-corrected chi connectivity index (χ4v) is 7.86. The van der Waals surface area contributed by atoms with Gasteiger partial charge in [-0.2, -0.15) is 0 Å². The first-order valence-electron chi connectivity index (χ1n) is 21.7. The molecule has 3 fully saturated rings. The van der Waals surface area contributed by atoms with E-state index in [9.17, 15) is 19.2 Å². The molecule has 19 heteroatoms. The van der Waals surface area contributed by atoms with Gasteiger partial charge >= 0.3 is 24.2 Å². The molecular formula is C43H70N8O11. The molecule has 0 aliphatic carbocycles. The highest BCUT2D eigenvalue weighted by molar-refractivity contribution is 5.93. The predicted octanol–water partition coefficient (Wildman–Crippen LogP) is 6.70. The third-order valence-corrected chi connectivity index (χ3v) is 10.2. The zero-order valence-corrected chi connectivity index (χ0v) is 39.3. The van der Waals surface area contributed by atoms with Gasteiger partial charge in [0.2, 0.25) is 0 Å². The van der Waals surface area contributed by atoms with Crippen LogP contribution in [-0.2, 0) is 38.0 Å². The van der Waals surface area contributed by atoms with Crippen molar-refractivity contribution in [1.82, 2.24) is 34.6 Å². The van der Waals surface area contributed by atoms with Gasteiger partial charge in [-0.1, -0.05) is 6.92 Å². The number of nitrogens with zero attached hydrogens (tertiary/aromatic N) is 6. The molecule has 0 aromatic carbocycles. The van der Waals surface area contributed by atoms with Gasteiger partial charge in [0.25, 0.3) is 0 Å². The van der Waals surface area contributed by atoms with Crippen molar-refractivity contribution in [1.29, 1.82) is 0 Å². The normalized spacial score (nSPS) is 24.7. The van der Waals surface area contributed by atoms with E-state index in [1.54, 1.807) is 78.1 Å². The van der Waals surface area contributed by atoms with Crippen LogP contribution in [-0.4, -0.2) is 138 Å². The first kappa shape index (κ1) is 48.7. The van der Waals surface area contributed by atoms with Crippen molar-refractivity contribution in [3.63, 3.8) is 0 Å². The number of alkyl carbamates (subject to hydrolysis) is 1. The van der Waals surface area contributed by atoms with E-state index in [2.05, 4.69) is 37.4 Å². The van der Waals surface area contributed by atoms with Crippen molar-refractivity contribution in [2.75, 3.05) is 25.0 Å². The molecule has 19 nitrogen and oxygen atoms in total. The van der Waals surface area contributed by atoms with E-state index in [0.29, 0.717) is 24.3 Å². The van der Waals surface area contributed by atoms with Gasteiger partial charge in [0.15, 0.2) is 29.0 Å². The number of amides is 3. The molecule has 3 unspecified atom stereocenters. The van der Waals surface area contributed by atoms with Crippen LogP contribution in [0.1, 0.15) is 136 Å². The SMILES string of the molecule is CCC1CCC(N(CCC(NC(=O)OC(C)(C)C)C(=O)OC(C)(C)C)C[C@H]2O[C@@H](n3cnc4c(NC(=O)OC(C)(C)C)ncnc43)[C@@H]3OC(C)(C)O[C@@H]32)CN1C(=O)OC(C)(C)C. The Labute approximate surface area is 365 Å². The summed E-state index contributed by atoms with van der Waals surface area (Å²) >= 11 is 0. The summed E-state index contributed by atoms with van der Waals surface area (Å²) in [5.41, 5.74) is -2.33. The fourth-order valence-electron chi connectivity index (χ4n) is 7.86. The van der Waals surface area contributed by atoms with Gasteiger partial charge < -0.3 is 43.4 Å². The van der Waals surface area contributed by atoms with Crippen LogP contribution >= 0.6 is 0 Å². The maximum absolute atomic E-state index is 13.7. The lowest BCUT2D eigenvalue weighted by Crippen LogP contribution is -2.57. The van der Waals surface area contributed by atoms with Crippen LogP contribution in [0.3, 0.4) is 0 Å². The Balaban J connectivity index is 1.48. The van der Waals surface area contributed by atoms with E-state index in [1.165, 1.54) is 6.33 Å². The Morgan fingerprint density at radius 2 is 1.45 bits per heavy atom. The molecule has 3 aliphatic heterocycles. The van der Waals surface area contributed by atoms with Gasteiger partial charge in [0, 0.05) is 31.7 Å². The first-order chi connectivity index (χ1) is 28.5. The lowest BCUT2D eigenvalue weighted by molar-refractivity contribution is -0.198. The molecule has 3 saturated heterocycles. The van der Waals surface area contributed by atoms with Gasteiger partial charge in [0.1, 0.15) is 53.1 Å². The number of hydrogen-bond acceptors (Lipinski definition) is 15. The number of ether oxygens (including phenoxy) is 7. The summed E-state index contributed by atoms with van der Waals surface area (Å²) in [5, 5.41) is 5.43. The van der Waals surface area contributed by atoms with Crippen LogP contribution < -0.4 is 10.6 Å². The fraction of sp³-hybridized carbons (Fsp3) is 0.791. The summed E-state index contributed by atoms with van der Waals surface area (Å²) in [7, 11) is 0. The molecule has 2 aromatic heterocycles. The molecule has 348 valence electrons. The van der Waals surface area contributed by atoms with E-state index in [4.69, 9.17) is 33.2 Å². The third-order valence-electron chi connectivity index (χ3n) is 10.2. The summed E-state index contributed by atoms with van der Waals surface area (Å²) in [6.07, 6.45) is 0.884. The average molecular weight is 875 g/mol. The van der Waals surface area contributed by atoms with E-state index in [1.807, 2.05) is 34.6 Å². The van der Waals surface area contributed by atoms with Crippen molar-refractivity contribution in [3.05, 3.63) is 12.7 Å². The third kappa shape index (κ3) is 13.1. The Morgan fingerprint density at radius 3 is 2.06 bits per heavy atom. The van der Waals surface area contributed by atoms with E-state index in [0.717, 1.165) is 19.3 Å². The van der Waals surface area contributed by atoms with Crippen molar-refractivity contribution >= 4 is 41.2 Å². The van der Waals surface area contributed by atoms with Crippen LogP contribution in [0.25, 0.3) is 11.2 Å². The number of carbonyl (C=O) groups excluding carboxylic acids is 4. The summed E-state index contributed by atoms with van der Waals surface area (Å²) in [6, 6.07) is -1.29. The van der Waals surface area contributed by atoms with Crippen molar-refractivity contribution < 1.29 is 52.3 Å². The number of imidazole rings is 1. The molecule has 0 radical (unpaired) electrons. The lowest BCUT2D eigenvalue weighted by atomic mass is 9.95. The second kappa shape index (κ2) is 18.4. The highest BCUT2D eigenvalue weighted by Gasteiger charge is 2.57. The number of fused-ring (bicyclic) bond motifs is 2. The molecular weight excluding hydrogens is 805 g/mol.